The number of ether oxygens (including phenoxy) is 4. The Morgan fingerprint density at radius 3 is 1.29 bits per heavy atom. The van der Waals surface area contributed by atoms with Crippen molar-refractivity contribution in [2.24, 2.45) is 0 Å². The highest BCUT2D eigenvalue weighted by atomic mass is 16.5. The first-order valence-corrected chi connectivity index (χ1v) is 25.4. The maximum Gasteiger partial charge on any atom is 0.329 e. The summed E-state index contributed by atoms with van der Waals surface area (Å²) in [5.74, 6) is -6.29. The van der Waals surface area contributed by atoms with Gasteiger partial charge in [-0.3, -0.25) is 28.8 Å². The van der Waals surface area contributed by atoms with E-state index in [1.54, 1.807) is 0 Å². The number of hydrogen-bond donors (Lipinski definition) is 9. The largest absolute Gasteiger partial charge is 0.480 e. The standard InChI is InChI=1S/C48H86N6O16/c1-3-5-7-9-11-13-15-20-41(56)53-38(47(63)64)22-24-40(55)49-26-18-17-19-37(52-43(58)25-23-39(48(65)66)54-42(57)21-16-14-12-10-8-6-4-2)46(62)51-28-30-68-31-33-69-35-44(59)50-27-29-67-32-34-70-36-45(60)61/h37-39H,3-36H2,1-2H3,(H,49,55)(H,50,59)(H,51,62)(H,52,58)(H,53,56)(H,54,57)(H,60,61)(H,63,64)(H,65,66)/t37-,38-,39-/m0/s1. The molecule has 22 nitrogen and oxygen atoms in total. The molecule has 0 aromatic carbocycles. The molecule has 0 bridgehead atoms. The first-order valence-electron chi connectivity index (χ1n) is 25.4. The lowest BCUT2D eigenvalue weighted by Crippen LogP contribution is -2.48. The summed E-state index contributed by atoms with van der Waals surface area (Å²) in [7, 11) is 0. The van der Waals surface area contributed by atoms with Crippen LogP contribution in [-0.2, 0) is 62.1 Å². The fourth-order valence-electron chi connectivity index (χ4n) is 6.86. The summed E-state index contributed by atoms with van der Waals surface area (Å²) in [6.07, 6.45) is 14.8. The zero-order valence-electron chi connectivity index (χ0n) is 41.9. The van der Waals surface area contributed by atoms with Crippen molar-refractivity contribution in [2.45, 2.75) is 180 Å². The molecule has 0 aliphatic heterocycles. The number of nitrogens with one attached hydrogen (secondary N) is 6. The fraction of sp³-hybridized carbons (Fsp3) is 0.812. The molecule has 0 aliphatic carbocycles. The van der Waals surface area contributed by atoms with Crippen LogP contribution in [0.2, 0.25) is 0 Å². The summed E-state index contributed by atoms with van der Waals surface area (Å²) < 4.78 is 20.8. The molecule has 0 saturated carbocycles. The van der Waals surface area contributed by atoms with Gasteiger partial charge in [0, 0.05) is 45.3 Å². The molecule has 22 heteroatoms. The van der Waals surface area contributed by atoms with Crippen molar-refractivity contribution in [3.05, 3.63) is 0 Å². The van der Waals surface area contributed by atoms with E-state index >= 15 is 0 Å². The van der Waals surface area contributed by atoms with Gasteiger partial charge in [-0.1, -0.05) is 90.9 Å². The molecular weight excluding hydrogens is 917 g/mol. The lowest BCUT2D eigenvalue weighted by molar-refractivity contribution is -0.143. The van der Waals surface area contributed by atoms with E-state index in [1.807, 2.05) is 0 Å². The summed E-state index contributed by atoms with van der Waals surface area (Å²) in [4.78, 5) is 110. The molecule has 0 saturated heterocycles. The quantitative estimate of drug-likeness (QED) is 0.0396. The number of carbonyl (C=O) groups excluding carboxylic acids is 6. The Labute approximate surface area is 413 Å². The molecule has 6 amide bonds. The van der Waals surface area contributed by atoms with Gasteiger partial charge in [-0.25, -0.2) is 14.4 Å². The molecule has 0 unspecified atom stereocenters. The number of rotatable bonds is 49. The maximum atomic E-state index is 13.3. The van der Waals surface area contributed by atoms with Crippen LogP contribution < -0.4 is 31.9 Å². The highest BCUT2D eigenvalue weighted by Gasteiger charge is 2.25. The molecule has 0 rings (SSSR count). The van der Waals surface area contributed by atoms with E-state index in [0.29, 0.717) is 25.7 Å². The molecule has 0 aliphatic rings. The van der Waals surface area contributed by atoms with E-state index in [9.17, 15) is 53.4 Å². The molecule has 3 atom stereocenters. The molecule has 9 N–H and O–H groups in total. The number of carboxylic acids is 3. The van der Waals surface area contributed by atoms with E-state index in [0.717, 1.165) is 64.2 Å². The van der Waals surface area contributed by atoms with Crippen molar-refractivity contribution in [2.75, 3.05) is 72.5 Å². The summed E-state index contributed by atoms with van der Waals surface area (Å²) >= 11 is 0. The van der Waals surface area contributed by atoms with E-state index in [2.05, 4.69) is 45.7 Å². The topological polar surface area (TPSA) is 323 Å². The second-order valence-corrected chi connectivity index (χ2v) is 17.1. The van der Waals surface area contributed by atoms with Crippen molar-refractivity contribution in [1.82, 2.24) is 31.9 Å². The van der Waals surface area contributed by atoms with Gasteiger partial charge in [0.15, 0.2) is 0 Å². The van der Waals surface area contributed by atoms with Gasteiger partial charge in [0.2, 0.25) is 35.4 Å². The number of aliphatic carboxylic acids is 3. The van der Waals surface area contributed by atoms with Crippen molar-refractivity contribution >= 4 is 53.4 Å². The first-order chi connectivity index (χ1) is 33.7. The Morgan fingerprint density at radius 1 is 0.371 bits per heavy atom. The summed E-state index contributed by atoms with van der Waals surface area (Å²) in [5.41, 5.74) is 0. The Hall–Kier alpha value is -4.93. The van der Waals surface area contributed by atoms with Gasteiger partial charge >= 0.3 is 17.9 Å². The van der Waals surface area contributed by atoms with Gasteiger partial charge in [-0.05, 0) is 44.9 Å². The molecule has 0 heterocycles. The number of hydrogen-bond acceptors (Lipinski definition) is 13. The molecule has 404 valence electrons. The van der Waals surface area contributed by atoms with Gasteiger partial charge in [0.25, 0.3) is 0 Å². The van der Waals surface area contributed by atoms with Gasteiger partial charge in [-0.2, -0.15) is 0 Å². The molecule has 0 radical (unpaired) electrons. The summed E-state index contributed by atoms with van der Waals surface area (Å²) in [6, 6.07) is -3.53. The third-order valence-corrected chi connectivity index (χ3v) is 10.8. The van der Waals surface area contributed by atoms with E-state index < -0.39 is 66.3 Å². The predicted molar refractivity (Wildman–Crippen MR) is 259 cm³/mol. The van der Waals surface area contributed by atoms with Crippen LogP contribution in [0.4, 0.5) is 0 Å². The maximum absolute atomic E-state index is 13.3. The number of carbonyl (C=O) groups is 9. The van der Waals surface area contributed by atoms with Crippen molar-refractivity contribution < 1.29 is 77.4 Å². The van der Waals surface area contributed by atoms with E-state index in [-0.39, 0.29) is 123 Å². The van der Waals surface area contributed by atoms with Crippen LogP contribution >= 0.6 is 0 Å². The van der Waals surface area contributed by atoms with Crippen molar-refractivity contribution in [3.8, 4) is 0 Å². The van der Waals surface area contributed by atoms with Gasteiger partial charge in [0.05, 0.1) is 39.6 Å². The van der Waals surface area contributed by atoms with Crippen LogP contribution in [0, 0.1) is 0 Å². The lowest BCUT2D eigenvalue weighted by Gasteiger charge is -2.20. The Balaban J connectivity index is 4.96. The van der Waals surface area contributed by atoms with Crippen LogP contribution in [-0.4, -0.2) is 159 Å². The average Bonchev–Trinajstić information content (AvgIpc) is 3.31. The smallest absolute Gasteiger partial charge is 0.329 e. The third kappa shape index (κ3) is 40.9. The van der Waals surface area contributed by atoms with Crippen LogP contribution in [0.25, 0.3) is 0 Å². The average molecular weight is 1000 g/mol. The Bertz CT molecular complexity index is 1490. The molecule has 0 aromatic rings. The van der Waals surface area contributed by atoms with Gasteiger partial charge in [0.1, 0.15) is 31.3 Å². The SMILES string of the molecule is CCCCCCCCCC(=O)N[C@@H](CCC(=O)NCCCC[C@H](NC(=O)CC[C@H](NC(=O)CCCCCCCCC)C(=O)O)C(=O)NCCOCCOCC(=O)NCCOCCOCC(=O)O)C(=O)O. The second-order valence-electron chi connectivity index (χ2n) is 17.1. The van der Waals surface area contributed by atoms with E-state index in [4.69, 9.17) is 24.1 Å². The molecule has 0 aromatic heterocycles. The number of amides is 6. The van der Waals surface area contributed by atoms with Crippen LogP contribution in [0.15, 0.2) is 0 Å². The summed E-state index contributed by atoms with van der Waals surface area (Å²) in [5, 5.41) is 43.5. The highest BCUT2D eigenvalue weighted by molar-refractivity contribution is 5.88. The fourth-order valence-corrected chi connectivity index (χ4v) is 6.86. The van der Waals surface area contributed by atoms with Crippen LogP contribution in [0.1, 0.15) is 162 Å². The minimum absolute atomic E-state index is 0.0614. The first kappa shape index (κ1) is 65.1. The predicted octanol–water partition coefficient (Wildman–Crippen LogP) is 3.12. The normalized spacial score (nSPS) is 12.3. The minimum atomic E-state index is -1.30. The van der Waals surface area contributed by atoms with Crippen molar-refractivity contribution in [1.29, 1.82) is 0 Å². The lowest BCUT2D eigenvalue weighted by atomic mass is 10.1. The molecule has 0 spiro atoms. The second kappa shape index (κ2) is 45.2. The van der Waals surface area contributed by atoms with Gasteiger partial charge < -0.3 is 66.2 Å². The number of carboxylic acid groups (broad SMARTS) is 3. The minimum Gasteiger partial charge on any atom is -0.480 e. The summed E-state index contributed by atoms with van der Waals surface area (Å²) in [6.45, 7) is 4.86. The Kier molecular flexibility index (Phi) is 42.0. The van der Waals surface area contributed by atoms with Crippen LogP contribution in [0.5, 0.6) is 0 Å². The molecular formula is C48H86N6O16. The zero-order valence-corrected chi connectivity index (χ0v) is 41.9. The molecule has 70 heavy (non-hydrogen) atoms. The Morgan fingerprint density at radius 2 is 0.786 bits per heavy atom. The van der Waals surface area contributed by atoms with Gasteiger partial charge in [-0.15, -0.1) is 0 Å². The zero-order chi connectivity index (χ0) is 52.0. The van der Waals surface area contributed by atoms with Crippen molar-refractivity contribution in [3.63, 3.8) is 0 Å². The molecule has 0 fully saturated rings. The highest BCUT2D eigenvalue weighted by Crippen LogP contribution is 2.11. The monoisotopic (exact) mass is 1000 g/mol. The third-order valence-electron chi connectivity index (χ3n) is 10.8. The van der Waals surface area contributed by atoms with Crippen LogP contribution in [0.3, 0.4) is 0 Å². The van der Waals surface area contributed by atoms with E-state index in [1.165, 1.54) is 12.8 Å². The number of unbranched alkanes of at least 4 members (excludes halogenated alkanes) is 13.